The van der Waals surface area contributed by atoms with Gasteiger partial charge in [-0.2, -0.15) is 0 Å². The number of hydrogen-bond donors (Lipinski definition) is 1. The summed E-state index contributed by atoms with van der Waals surface area (Å²) in [6, 6.07) is 4.20. The summed E-state index contributed by atoms with van der Waals surface area (Å²) in [6.45, 7) is 6.88. The molecule has 0 aromatic carbocycles. The van der Waals surface area contributed by atoms with Crippen LogP contribution in [0.1, 0.15) is 18.2 Å². The minimum absolute atomic E-state index is 0.0375. The number of carbonyl (C=O) groups is 2. The third-order valence-corrected chi connectivity index (χ3v) is 4.80. The van der Waals surface area contributed by atoms with E-state index in [2.05, 4.69) is 22.4 Å². The van der Waals surface area contributed by atoms with Crippen molar-refractivity contribution in [3.05, 3.63) is 22.4 Å². The Morgan fingerprint density at radius 2 is 2.00 bits per heavy atom. The highest BCUT2D eigenvalue weighted by Gasteiger charge is 2.23. The molecule has 0 atom stereocenters. The third-order valence-electron chi connectivity index (χ3n) is 3.94. The van der Waals surface area contributed by atoms with Crippen LogP contribution < -0.4 is 0 Å². The molecule has 128 valence electrons. The zero-order valence-corrected chi connectivity index (χ0v) is 14.4. The van der Waals surface area contributed by atoms with E-state index in [1.54, 1.807) is 16.2 Å². The van der Waals surface area contributed by atoms with Crippen LogP contribution >= 0.6 is 11.3 Å². The fourth-order valence-corrected chi connectivity index (χ4v) is 3.54. The molecule has 0 unspecified atom stereocenters. The van der Waals surface area contributed by atoms with E-state index in [0.717, 1.165) is 39.1 Å². The van der Waals surface area contributed by atoms with Gasteiger partial charge in [0.05, 0.1) is 13.1 Å². The molecule has 1 aromatic rings. The second kappa shape index (κ2) is 9.00. The van der Waals surface area contributed by atoms with Crippen molar-refractivity contribution in [3.8, 4) is 0 Å². The molecule has 1 fully saturated rings. The van der Waals surface area contributed by atoms with Crippen LogP contribution in [0.5, 0.6) is 0 Å². The summed E-state index contributed by atoms with van der Waals surface area (Å²) in [6.07, 6.45) is 0.842. The smallest absolute Gasteiger partial charge is 0.317 e. The Hall–Kier alpha value is -1.44. The summed E-state index contributed by atoms with van der Waals surface area (Å²) in [5.74, 6) is -0.845. The fourth-order valence-electron chi connectivity index (χ4n) is 2.79. The first-order valence-corrected chi connectivity index (χ1v) is 8.93. The highest BCUT2D eigenvalue weighted by Crippen LogP contribution is 2.13. The molecule has 2 rings (SSSR count). The highest BCUT2D eigenvalue weighted by atomic mass is 32.1. The largest absolute Gasteiger partial charge is 0.480 e. The second-order valence-electron chi connectivity index (χ2n) is 5.84. The van der Waals surface area contributed by atoms with Gasteiger partial charge >= 0.3 is 5.97 Å². The Labute approximate surface area is 141 Å². The monoisotopic (exact) mass is 339 g/mol. The average Bonchev–Trinajstić information content (AvgIpc) is 3.00. The quantitative estimate of drug-likeness (QED) is 0.771. The Kier molecular flexibility index (Phi) is 7.01. The number of thiophene rings is 1. The standard InChI is InChI=1S/C16H25N3O3S/c1-2-5-18(13-16(21)22)12-15(20)19-8-6-17(7-9-19)11-14-4-3-10-23-14/h3-4,10H,2,5-9,11-13H2,1H3,(H,21,22). The predicted molar refractivity (Wildman–Crippen MR) is 90.5 cm³/mol. The number of carbonyl (C=O) groups excluding carboxylic acids is 1. The summed E-state index contributed by atoms with van der Waals surface area (Å²) in [7, 11) is 0. The number of carboxylic acids is 1. The van der Waals surface area contributed by atoms with Crippen molar-refractivity contribution in [1.82, 2.24) is 14.7 Å². The van der Waals surface area contributed by atoms with Crippen molar-refractivity contribution < 1.29 is 14.7 Å². The maximum absolute atomic E-state index is 12.4. The SMILES string of the molecule is CCCN(CC(=O)O)CC(=O)N1CCN(Cc2cccs2)CC1. The zero-order valence-electron chi connectivity index (χ0n) is 13.6. The van der Waals surface area contributed by atoms with E-state index in [9.17, 15) is 9.59 Å². The first-order valence-electron chi connectivity index (χ1n) is 8.05. The molecule has 1 aliphatic rings. The van der Waals surface area contributed by atoms with Crippen LogP contribution in [0.2, 0.25) is 0 Å². The van der Waals surface area contributed by atoms with Crippen molar-refractivity contribution in [3.63, 3.8) is 0 Å². The summed E-state index contributed by atoms with van der Waals surface area (Å²) in [4.78, 5) is 30.5. The summed E-state index contributed by atoms with van der Waals surface area (Å²) >= 11 is 1.76. The van der Waals surface area contributed by atoms with E-state index in [0.29, 0.717) is 6.54 Å². The zero-order chi connectivity index (χ0) is 16.7. The molecule has 1 N–H and O–H groups in total. The van der Waals surface area contributed by atoms with Gasteiger partial charge in [-0.3, -0.25) is 19.4 Å². The van der Waals surface area contributed by atoms with Crippen LogP contribution in [0.25, 0.3) is 0 Å². The summed E-state index contributed by atoms with van der Waals surface area (Å²) in [5.41, 5.74) is 0. The van der Waals surface area contributed by atoms with Crippen molar-refractivity contribution in [2.75, 3.05) is 45.8 Å². The van der Waals surface area contributed by atoms with Gasteiger partial charge in [0.2, 0.25) is 5.91 Å². The van der Waals surface area contributed by atoms with Crippen LogP contribution in [0.15, 0.2) is 17.5 Å². The van der Waals surface area contributed by atoms with Gasteiger partial charge in [-0.05, 0) is 24.4 Å². The van der Waals surface area contributed by atoms with Crippen LogP contribution in [0, 0.1) is 0 Å². The normalized spacial score (nSPS) is 16.0. The van der Waals surface area contributed by atoms with Gasteiger partial charge in [0.1, 0.15) is 0 Å². The molecule has 0 saturated carbocycles. The van der Waals surface area contributed by atoms with Crippen molar-refractivity contribution in [2.45, 2.75) is 19.9 Å². The Balaban J connectivity index is 1.76. The van der Waals surface area contributed by atoms with Crippen molar-refractivity contribution >= 4 is 23.2 Å². The van der Waals surface area contributed by atoms with Gasteiger partial charge in [0.15, 0.2) is 0 Å². The summed E-state index contributed by atoms with van der Waals surface area (Å²) in [5, 5.41) is 11.0. The number of aliphatic carboxylic acids is 1. The van der Waals surface area contributed by atoms with E-state index in [-0.39, 0.29) is 19.0 Å². The van der Waals surface area contributed by atoms with Gasteiger partial charge in [-0.15, -0.1) is 11.3 Å². The fraction of sp³-hybridized carbons (Fsp3) is 0.625. The molecule has 0 bridgehead atoms. The highest BCUT2D eigenvalue weighted by molar-refractivity contribution is 7.09. The maximum atomic E-state index is 12.4. The molecular weight excluding hydrogens is 314 g/mol. The molecule has 1 amide bonds. The molecular formula is C16H25N3O3S. The van der Waals surface area contributed by atoms with Crippen molar-refractivity contribution in [2.24, 2.45) is 0 Å². The second-order valence-corrected chi connectivity index (χ2v) is 6.87. The minimum Gasteiger partial charge on any atom is -0.480 e. The molecule has 1 aliphatic heterocycles. The van der Waals surface area contributed by atoms with E-state index >= 15 is 0 Å². The Bertz CT molecular complexity index is 499. The molecule has 0 aliphatic carbocycles. The van der Waals surface area contributed by atoms with E-state index in [1.807, 2.05) is 11.8 Å². The number of hydrogen-bond acceptors (Lipinski definition) is 5. The van der Waals surface area contributed by atoms with Crippen LogP contribution in [-0.2, 0) is 16.1 Å². The van der Waals surface area contributed by atoms with Gasteiger partial charge in [-0.25, -0.2) is 0 Å². The van der Waals surface area contributed by atoms with Crippen LogP contribution in [0.4, 0.5) is 0 Å². The van der Waals surface area contributed by atoms with Gasteiger partial charge in [0, 0.05) is 37.6 Å². The third kappa shape index (κ3) is 5.93. The minimum atomic E-state index is -0.882. The van der Waals surface area contributed by atoms with E-state index < -0.39 is 5.97 Å². The number of carboxylic acid groups (broad SMARTS) is 1. The van der Waals surface area contributed by atoms with E-state index in [1.165, 1.54) is 4.88 Å². The summed E-state index contributed by atoms with van der Waals surface area (Å²) < 4.78 is 0. The maximum Gasteiger partial charge on any atom is 0.317 e. The lowest BCUT2D eigenvalue weighted by Gasteiger charge is -2.35. The molecule has 0 spiro atoms. The molecule has 1 saturated heterocycles. The molecule has 6 nitrogen and oxygen atoms in total. The number of rotatable bonds is 8. The lowest BCUT2D eigenvalue weighted by molar-refractivity contribution is -0.140. The Morgan fingerprint density at radius 1 is 1.26 bits per heavy atom. The first-order chi connectivity index (χ1) is 11.1. The van der Waals surface area contributed by atoms with Crippen LogP contribution in [-0.4, -0.2) is 77.5 Å². The molecule has 0 radical (unpaired) electrons. The van der Waals surface area contributed by atoms with Gasteiger partial charge in [-0.1, -0.05) is 13.0 Å². The first kappa shape index (κ1) is 17.9. The van der Waals surface area contributed by atoms with Gasteiger partial charge in [0.25, 0.3) is 0 Å². The van der Waals surface area contributed by atoms with E-state index in [4.69, 9.17) is 5.11 Å². The van der Waals surface area contributed by atoms with Gasteiger partial charge < -0.3 is 10.0 Å². The van der Waals surface area contributed by atoms with Crippen molar-refractivity contribution in [1.29, 1.82) is 0 Å². The molecule has 23 heavy (non-hydrogen) atoms. The lowest BCUT2D eigenvalue weighted by Crippen LogP contribution is -2.51. The average molecular weight is 339 g/mol. The number of nitrogens with zero attached hydrogens (tertiary/aromatic N) is 3. The van der Waals surface area contributed by atoms with Crippen LogP contribution in [0.3, 0.4) is 0 Å². The molecule has 7 heteroatoms. The predicted octanol–water partition coefficient (Wildman–Crippen LogP) is 1.19. The lowest BCUT2D eigenvalue weighted by atomic mass is 10.3. The topological polar surface area (TPSA) is 64.1 Å². The number of amides is 1. The Morgan fingerprint density at radius 3 is 2.57 bits per heavy atom. The number of piperazine rings is 1. The molecule has 1 aromatic heterocycles. The molecule has 2 heterocycles.